The van der Waals surface area contributed by atoms with Gasteiger partial charge in [0.05, 0.1) is 0 Å². The van der Waals surface area contributed by atoms with E-state index in [1.54, 1.807) is 0 Å². The molecule has 3 heteroatoms. The first-order chi connectivity index (χ1) is 11.7. The minimum atomic E-state index is 0.0412. The Morgan fingerprint density at radius 2 is 1.83 bits per heavy atom. The predicted octanol–water partition coefficient (Wildman–Crippen LogP) is 4.52. The Labute approximate surface area is 141 Å². The Hall–Kier alpha value is -2.81. The molecule has 4 rings (SSSR count). The number of amides is 1. The number of rotatable bonds is 4. The second-order valence-electron chi connectivity index (χ2n) is 6.48. The van der Waals surface area contributed by atoms with Crippen LogP contribution in [0.25, 0.3) is 28.1 Å². The van der Waals surface area contributed by atoms with Crippen molar-refractivity contribution in [2.75, 3.05) is 0 Å². The summed E-state index contributed by atoms with van der Waals surface area (Å²) in [7, 11) is 0. The van der Waals surface area contributed by atoms with Gasteiger partial charge in [0.1, 0.15) is 0 Å². The van der Waals surface area contributed by atoms with E-state index in [0.717, 1.165) is 29.5 Å². The standard InChI is InChI=1S/C21H20N2O/c1-14(21(24)23-19-7-8-19)12-15-2-4-16(5-3-15)17-6-9-20-18(13-17)10-11-22-20/h2-6,9-13,19,22H,7-8H2,1H3,(H,23,24)/b14-12+. The minimum Gasteiger partial charge on any atom is -0.361 e. The van der Waals surface area contributed by atoms with Crippen molar-refractivity contribution < 1.29 is 4.79 Å². The molecule has 0 atom stereocenters. The Bertz CT molecular complexity index is 914. The minimum absolute atomic E-state index is 0.0412. The van der Waals surface area contributed by atoms with Crippen LogP contribution in [0, 0.1) is 0 Å². The summed E-state index contributed by atoms with van der Waals surface area (Å²) < 4.78 is 0. The zero-order valence-electron chi connectivity index (χ0n) is 13.7. The summed E-state index contributed by atoms with van der Waals surface area (Å²) in [6, 6.07) is 17.2. The summed E-state index contributed by atoms with van der Waals surface area (Å²) in [6.45, 7) is 1.87. The zero-order valence-corrected chi connectivity index (χ0v) is 13.7. The average Bonchev–Trinajstić information content (AvgIpc) is 3.28. The highest BCUT2D eigenvalue weighted by atomic mass is 16.1. The third kappa shape index (κ3) is 3.11. The molecule has 0 spiro atoms. The number of hydrogen-bond donors (Lipinski definition) is 2. The molecule has 1 fully saturated rings. The van der Waals surface area contributed by atoms with Crippen molar-refractivity contribution in [1.82, 2.24) is 10.3 Å². The number of aromatic amines is 1. The highest BCUT2D eigenvalue weighted by molar-refractivity contribution is 5.97. The van der Waals surface area contributed by atoms with Crippen LogP contribution in [0.1, 0.15) is 25.3 Å². The number of hydrogen-bond acceptors (Lipinski definition) is 1. The van der Waals surface area contributed by atoms with Gasteiger partial charge in [0.2, 0.25) is 5.91 Å². The summed E-state index contributed by atoms with van der Waals surface area (Å²) in [5.41, 5.74) is 5.32. The quantitative estimate of drug-likeness (QED) is 0.683. The summed E-state index contributed by atoms with van der Waals surface area (Å²) in [6.07, 6.45) is 6.12. The van der Waals surface area contributed by atoms with Crippen LogP contribution in [0.4, 0.5) is 0 Å². The molecule has 0 aliphatic heterocycles. The van der Waals surface area contributed by atoms with Gasteiger partial charge in [-0.3, -0.25) is 4.79 Å². The molecule has 3 nitrogen and oxygen atoms in total. The number of carbonyl (C=O) groups is 1. The van der Waals surface area contributed by atoms with Crippen LogP contribution in [0.3, 0.4) is 0 Å². The number of carbonyl (C=O) groups excluding carboxylic acids is 1. The number of aromatic nitrogens is 1. The van der Waals surface area contributed by atoms with E-state index in [1.165, 1.54) is 16.5 Å². The third-order valence-corrected chi connectivity index (χ3v) is 4.45. The number of nitrogens with one attached hydrogen (secondary N) is 2. The van der Waals surface area contributed by atoms with Crippen LogP contribution in [-0.2, 0) is 4.79 Å². The highest BCUT2D eigenvalue weighted by Gasteiger charge is 2.23. The summed E-state index contributed by atoms with van der Waals surface area (Å²) >= 11 is 0. The molecule has 1 heterocycles. The molecular formula is C21H20N2O. The van der Waals surface area contributed by atoms with Crippen LogP contribution in [-0.4, -0.2) is 16.9 Å². The van der Waals surface area contributed by atoms with Gasteiger partial charge in [-0.15, -0.1) is 0 Å². The van der Waals surface area contributed by atoms with E-state index >= 15 is 0 Å². The van der Waals surface area contributed by atoms with Crippen LogP contribution in [0.2, 0.25) is 0 Å². The topological polar surface area (TPSA) is 44.9 Å². The van der Waals surface area contributed by atoms with Gasteiger partial charge in [-0.1, -0.05) is 30.3 Å². The Kier molecular flexibility index (Phi) is 3.69. The first-order valence-corrected chi connectivity index (χ1v) is 8.36. The second kappa shape index (κ2) is 6.00. The van der Waals surface area contributed by atoms with E-state index in [1.807, 2.05) is 19.2 Å². The molecule has 3 aromatic rings. The van der Waals surface area contributed by atoms with Gasteiger partial charge >= 0.3 is 0 Å². The van der Waals surface area contributed by atoms with Crippen LogP contribution >= 0.6 is 0 Å². The maximum absolute atomic E-state index is 12.0. The maximum atomic E-state index is 12.0. The average molecular weight is 316 g/mol. The monoisotopic (exact) mass is 316 g/mol. The van der Waals surface area contributed by atoms with Crippen molar-refractivity contribution >= 4 is 22.9 Å². The van der Waals surface area contributed by atoms with Crippen molar-refractivity contribution in [1.29, 1.82) is 0 Å². The van der Waals surface area contributed by atoms with E-state index < -0.39 is 0 Å². The van der Waals surface area contributed by atoms with Crippen molar-refractivity contribution in [2.24, 2.45) is 0 Å². The summed E-state index contributed by atoms with van der Waals surface area (Å²) in [4.78, 5) is 15.2. The van der Waals surface area contributed by atoms with Gasteiger partial charge in [-0.05, 0) is 66.1 Å². The summed E-state index contributed by atoms with van der Waals surface area (Å²) in [5.74, 6) is 0.0412. The van der Waals surface area contributed by atoms with Gasteiger partial charge in [-0.2, -0.15) is 0 Å². The SMILES string of the molecule is C/C(=C\c1ccc(-c2ccc3[nH]ccc3c2)cc1)C(=O)NC1CC1. The summed E-state index contributed by atoms with van der Waals surface area (Å²) in [5, 5.41) is 4.23. The lowest BCUT2D eigenvalue weighted by molar-refractivity contribution is -0.117. The molecule has 120 valence electrons. The lowest BCUT2D eigenvalue weighted by Gasteiger charge is -2.05. The van der Waals surface area contributed by atoms with Crippen molar-refractivity contribution in [3.63, 3.8) is 0 Å². The van der Waals surface area contributed by atoms with E-state index in [2.05, 4.69) is 58.8 Å². The zero-order chi connectivity index (χ0) is 16.5. The fourth-order valence-corrected chi connectivity index (χ4v) is 2.85. The molecule has 2 N–H and O–H groups in total. The maximum Gasteiger partial charge on any atom is 0.247 e. The third-order valence-electron chi connectivity index (χ3n) is 4.45. The molecule has 24 heavy (non-hydrogen) atoms. The van der Waals surface area contributed by atoms with Crippen LogP contribution in [0.5, 0.6) is 0 Å². The van der Waals surface area contributed by atoms with E-state index in [0.29, 0.717) is 6.04 Å². The lowest BCUT2D eigenvalue weighted by Crippen LogP contribution is -2.25. The highest BCUT2D eigenvalue weighted by Crippen LogP contribution is 2.25. The smallest absolute Gasteiger partial charge is 0.247 e. The molecule has 0 bridgehead atoms. The fourth-order valence-electron chi connectivity index (χ4n) is 2.85. The molecule has 0 saturated heterocycles. The lowest BCUT2D eigenvalue weighted by atomic mass is 10.0. The molecule has 0 unspecified atom stereocenters. The molecule has 1 aliphatic carbocycles. The Balaban J connectivity index is 1.54. The van der Waals surface area contributed by atoms with Gasteiger partial charge in [0.25, 0.3) is 0 Å². The Morgan fingerprint density at radius 3 is 2.58 bits per heavy atom. The predicted molar refractivity (Wildman–Crippen MR) is 98.6 cm³/mol. The molecule has 1 aliphatic rings. The van der Waals surface area contributed by atoms with Gasteiger partial charge in [0, 0.05) is 23.3 Å². The number of benzene rings is 2. The molecule has 0 radical (unpaired) electrons. The van der Waals surface area contributed by atoms with Gasteiger partial charge in [-0.25, -0.2) is 0 Å². The first kappa shape index (κ1) is 14.8. The van der Waals surface area contributed by atoms with Crippen LogP contribution < -0.4 is 5.32 Å². The largest absolute Gasteiger partial charge is 0.361 e. The second-order valence-corrected chi connectivity index (χ2v) is 6.48. The van der Waals surface area contributed by atoms with Crippen LogP contribution in [0.15, 0.2) is 60.3 Å². The first-order valence-electron chi connectivity index (χ1n) is 8.36. The molecular weight excluding hydrogens is 296 g/mol. The Morgan fingerprint density at radius 1 is 1.08 bits per heavy atom. The molecule has 1 saturated carbocycles. The molecule has 1 amide bonds. The van der Waals surface area contributed by atoms with E-state index in [4.69, 9.17) is 0 Å². The van der Waals surface area contributed by atoms with Crippen molar-refractivity contribution in [2.45, 2.75) is 25.8 Å². The molecule has 1 aromatic heterocycles. The van der Waals surface area contributed by atoms with Crippen molar-refractivity contribution in [3.05, 3.63) is 65.9 Å². The van der Waals surface area contributed by atoms with E-state index in [-0.39, 0.29) is 5.91 Å². The van der Waals surface area contributed by atoms with Crippen molar-refractivity contribution in [3.8, 4) is 11.1 Å². The van der Waals surface area contributed by atoms with E-state index in [9.17, 15) is 4.79 Å². The van der Waals surface area contributed by atoms with Gasteiger partial charge in [0.15, 0.2) is 0 Å². The number of H-pyrrole nitrogens is 1. The number of fused-ring (bicyclic) bond motifs is 1. The normalized spacial score (nSPS) is 14.8. The fraction of sp³-hybridized carbons (Fsp3) is 0.190. The molecule has 2 aromatic carbocycles. The van der Waals surface area contributed by atoms with Gasteiger partial charge < -0.3 is 10.3 Å².